The van der Waals surface area contributed by atoms with Crippen molar-refractivity contribution in [2.45, 2.75) is 38.1 Å². The summed E-state index contributed by atoms with van der Waals surface area (Å²) in [6, 6.07) is 10.1. The maximum atomic E-state index is 14.3. The zero-order valence-electron chi connectivity index (χ0n) is 17.9. The standard InChI is InChI=1S/C24H24BrFN2O3S/c1-30-20-14-16(25)12-15(22(20)31-2)13-21-23(29)28(17-8-4-3-5-9-17)24(32-21)27-19-11-7-6-10-18(19)26/h6-7,10-14,17H,3-5,8-9H2,1-2H3/b21-13-,27-24?. The number of para-hydroxylation sites is 1. The van der Waals surface area contributed by atoms with Crippen LogP contribution in [0, 0.1) is 5.82 Å². The molecule has 0 radical (unpaired) electrons. The molecule has 1 aliphatic heterocycles. The average molecular weight is 519 g/mol. The summed E-state index contributed by atoms with van der Waals surface area (Å²) in [5, 5.41) is 0.513. The van der Waals surface area contributed by atoms with E-state index in [1.165, 1.54) is 24.2 Å². The molecular formula is C24H24BrFN2O3S. The van der Waals surface area contributed by atoms with Crippen LogP contribution in [0.5, 0.6) is 11.5 Å². The Kier molecular flexibility index (Phi) is 7.20. The topological polar surface area (TPSA) is 51.1 Å². The number of hydrogen-bond acceptors (Lipinski definition) is 5. The van der Waals surface area contributed by atoms with Crippen molar-refractivity contribution in [1.82, 2.24) is 4.90 Å². The first kappa shape index (κ1) is 22.9. The quantitative estimate of drug-likeness (QED) is 0.421. The highest BCUT2D eigenvalue weighted by atomic mass is 79.9. The summed E-state index contributed by atoms with van der Waals surface area (Å²) in [6.45, 7) is 0. The van der Waals surface area contributed by atoms with Gasteiger partial charge in [0.15, 0.2) is 16.7 Å². The summed E-state index contributed by atoms with van der Waals surface area (Å²) in [5.41, 5.74) is 0.942. The van der Waals surface area contributed by atoms with Gasteiger partial charge in [-0.25, -0.2) is 9.38 Å². The minimum atomic E-state index is -0.410. The van der Waals surface area contributed by atoms with E-state index in [1.54, 1.807) is 43.4 Å². The lowest BCUT2D eigenvalue weighted by atomic mass is 9.94. The molecule has 0 unspecified atom stereocenters. The molecule has 1 aliphatic carbocycles. The van der Waals surface area contributed by atoms with E-state index in [2.05, 4.69) is 20.9 Å². The molecular weight excluding hydrogens is 495 g/mol. The summed E-state index contributed by atoms with van der Waals surface area (Å²) in [4.78, 5) is 20.3. The van der Waals surface area contributed by atoms with Gasteiger partial charge in [0.2, 0.25) is 0 Å². The second-order valence-electron chi connectivity index (χ2n) is 7.65. The molecule has 0 aromatic heterocycles. The molecule has 1 saturated carbocycles. The van der Waals surface area contributed by atoms with Gasteiger partial charge in [0, 0.05) is 16.1 Å². The molecule has 1 amide bonds. The van der Waals surface area contributed by atoms with Crippen molar-refractivity contribution in [3.63, 3.8) is 0 Å². The Balaban J connectivity index is 1.77. The number of amidine groups is 1. The highest BCUT2D eigenvalue weighted by Gasteiger charge is 2.39. The lowest BCUT2D eigenvalue weighted by Crippen LogP contribution is -2.40. The van der Waals surface area contributed by atoms with E-state index >= 15 is 0 Å². The molecule has 168 valence electrons. The van der Waals surface area contributed by atoms with Crippen LogP contribution >= 0.6 is 27.7 Å². The normalized spacial score (nSPS) is 19.8. The van der Waals surface area contributed by atoms with Crippen molar-refractivity contribution >= 4 is 50.5 Å². The Morgan fingerprint density at radius 1 is 1.16 bits per heavy atom. The van der Waals surface area contributed by atoms with Crippen molar-refractivity contribution in [1.29, 1.82) is 0 Å². The fourth-order valence-corrected chi connectivity index (χ4v) is 5.58. The predicted octanol–water partition coefficient (Wildman–Crippen LogP) is 6.54. The number of aliphatic imine (C=N–C) groups is 1. The van der Waals surface area contributed by atoms with Crippen LogP contribution < -0.4 is 9.47 Å². The van der Waals surface area contributed by atoms with E-state index in [0.717, 1.165) is 30.2 Å². The SMILES string of the molecule is COc1cc(Br)cc(/C=C2\SC(=Nc3ccccc3F)N(C3CCCCC3)C2=O)c1OC. The van der Waals surface area contributed by atoms with Gasteiger partial charge in [-0.2, -0.15) is 0 Å². The molecule has 2 aliphatic rings. The lowest BCUT2D eigenvalue weighted by Gasteiger charge is -2.30. The van der Waals surface area contributed by atoms with Gasteiger partial charge in [-0.3, -0.25) is 9.69 Å². The largest absolute Gasteiger partial charge is 0.493 e. The number of thioether (sulfide) groups is 1. The fourth-order valence-electron chi connectivity index (χ4n) is 4.08. The predicted molar refractivity (Wildman–Crippen MR) is 130 cm³/mol. The second kappa shape index (κ2) is 10.1. The number of rotatable bonds is 5. The molecule has 2 aromatic carbocycles. The van der Waals surface area contributed by atoms with Gasteiger partial charge in [-0.15, -0.1) is 0 Å². The van der Waals surface area contributed by atoms with Gasteiger partial charge < -0.3 is 9.47 Å². The zero-order chi connectivity index (χ0) is 22.7. The smallest absolute Gasteiger partial charge is 0.267 e. The molecule has 0 spiro atoms. The zero-order valence-corrected chi connectivity index (χ0v) is 20.3. The first-order chi connectivity index (χ1) is 15.5. The lowest BCUT2D eigenvalue weighted by molar-refractivity contribution is -0.124. The minimum absolute atomic E-state index is 0.0686. The Bertz CT molecular complexity index is 1080. The third-order valence-corrected chi connectivity index (χ3v) is 7.05. The number of amides is 1. The van der Waals surface area contributed by atoms with E-state index in [0.29, 0.717) is 27.1 Å². The Hall–Kier alpha value is -2.32. The van der Waals surface area contributed by atoms with Crippen LogP contribution in [0.4, 0.5) is 10.1 Å². The van der Waals surface area contributed by atoms with Crippen LogP contribution in [0.1, 0.15) is 37.7 Å². The first-order valence-electron chi connectivity index (χ1n) is 10.5. The molecule has 0 N–H and O–H groups in total. The van der Waals surface area contributed by atoms with Crippen LogP contribution in [0.15, 0.2) is 50.8 Å². The summed E-state index contributed by atoms with van der Waals surface area (Å²) >= 11 is 4.75. The third kappa shape index (κ3) is 4.71. The van der Waals surface area contributed by atoms with Gasteiger partial charge >= 0.3 is 0 Å². The number of ether oxygens (including phenoxy) is 2. The monoisotopic (exact) mass is 518 g/mol. The van der Waals surface area contributed by atoms with Crippen LogP contribution in [-0.2, 0) is 4.79 Å². The molecule has 0 bridgehead atoms. The molecule has 0 atom stereocenters. The van der Waals surface area contributed by atoms with E-state index < -0.39 is 5.82 Å². The van der Waals surface area contributed by atoms with E-state index in [9.17, 15) is 9.18 Å². The van der Waals surface area contributed by atoms with E-state index in [-0.39, 0.29) is 17.6 Å². The summed E-state index contributed by atoms with van der Waals surface area (Å²) in [6.07, 6.45) is 6.94. The molecule has 2 fully saturated rings. The van der Waals surface area contributed by atoms with Gasteiger partial charge in [0.1, 0.15) is 11.5 Å². The second-order valence-corrected chi connectivity index (χ2v) is 9.58. The van der Waals surface area contributed by atoms with Crippen molar-refractivity contribution in [2.75, 3.05) is 14.2 Å². The van der Waals surface area contributed by atoms with Crippen molar-refractivity contribution in [3.8, 4) is 11.5 Å². The molecule has 4 rings (SSSR count). The third-order valence-electron chi connectivity index (χ3n) is 5.60. The van der Waals surface area contributed by atoms with Gasteiger partial charge in [0.05, 0.1) is 19.1 Å². The van der Waals surface area contributed by atoms with Gasteiger partial charge in [-0.1, -0.05) is 47.3 Å². The Morgan fingerprint density at radius 3 is 2.59 bits per heavy atom. The van der Waals surface area contributed by atoms with E-state index in [1.807, 2.05) is 12.1 Å². The number of hydrogen-bond donors (Lipinski definition) is 0. The highest BCUT2D eigenvalue weighted by Crippen LogP contribution is 2.42. The number of carbonyl (C=O) groups excluding carboxylic acids is 1. The summed E-state index contributed by atoms with van der Waals surface area (Å²) < 4.78 is 26.1. The summed E-state index contributed by atoms with van der Waals surface area (Å²) in [5.74, 6) is 0.583. The van der Waals surface area contributed by atoms with Crippen LogP contribution in [-0.4, -0.2) is 36.2 Å². The maximum absolute atomic E-state index is 14.3. The minimum Gasteiger partial charge on any atom is -0.493 e. The Morgan fingerprint density at radius 2 is 1.91 bits per heavy atom. The van der Waals surface area contributed by atoms with Crippen LogP contribution in [0.2, 0.25) is 0 Å². The number of nitrogens with zero attached hydrogens (tertiary/aromatic N) is 2. The Labute approximate surface area is 199 Å². The molecule has 32 heavy (non-hydrogen) atoms. The molecule has 5 nitrogen and oxygen atoms in total. The average Bonchev–Trinajstić information content (AvgIpc) is 3.10. The van der Waals surface area contributed by atoms with Crippen LogP contribution in [0.3, 0.4) is 0 Å². The van der Waals surface area contributed by atoms with Crippen molar-refractivity contribution < 1.29 is 18.7 Å². The number of benzene rings is 2. The fraction of sp³-hybridized carbons (Fsp3) is 0.333. The highest BCUT2D eigenvalue weighted by molar-refractivity contribution is 9.10. The summed E-state index contributed by atoms with van der Waals surface area (Å²) in [7, 11) is 3.14. The van der Waals surface area contributed by atoms with Crippen molar-refractivity contribution in [3.05, 3.63) is 57.2 Å². The molecule has 1 saturated heterocycles. The molecule has 1 heterocycles. The van der Waals surface area contributed by atoms with E-state index in [4.69, 9.17) is 9.47 Å². The number of methoxy groups -OCH3 is 2. The first-order valence-corrected chi connectivity index (χ1v) is 12.1. The van der Waals surface area contributed by atoms with Crippen LogP contribution in [0.25, 0.3) is 6.08 Å². The van der Waals surface area contributed by atoms with Gasteiger partial charge in [-0.05, 0) is 54.9 Å². The van der Waals surface area contributed by atoms with Gasteiger partial charge in [0.25, 0.3) is 5.91 Å². The molecule has 8 heteroatoms. The maximum Gasteiger partial charge on any atom is 0.267 e. The van der Waals surface area contributed by atoms with Crippen molar-refractivity contribution in [2.24, 2.45) is 4.99 Å². The number of halogens is 2. The number of carbonyl (C=O) groups is 1. The molecule has 2 aromatic rings.